The molecule has 122 valence electrons. The van der Waals surface area contributed by atoms with Crippen molar-refractivity contribution in [2.24, 2.45) is 0 Å². The first-order valence-corrected chi connectivity index (χ1v) is 9.70. The number of carbonyl (C=O) groups excluding carboxylic acids is 1. The number of carbonyl (C=O) groups is 1. The monoisotopic (exact) mass is 367 g/mol. The Morgan fingerprint density at radius 1 is 1.52 bits per heavy atom. The van der Waals surface area contributed by atoms with Crippen LogP contribution in [0.3, 0.4) is 0 Å². The molecule has 23 heavy (non-hydrogen) atoms. The minimum Gasteiger partial charge on any atom is -0.360 e. The number of nitrogens with one attached hydrogen (secondary N) is 1. The predicted molar refractivity (Wildman–Crippen MR) is 95.0 cm³/mol. The van der Waals surface area contributed by atoms with Crippen molar-refractivity contribution in [1.82, 2.24) is 15.1 Å². The van der Waals surface area contributed by atoms with Crippen LogP contribution in [0.2, 0.25) is 0 Å². The molecule has 0 saturated carbocycles. The second-order valence-corrected chi connectivity index (χ2v) is 7.87. The molecular formula is C14H17N5OS3. The highest BCUT2D eigenvalue weighted by molar-refractivity contribution is 8.01. The fourth-order valence-electron chi connectivity index (χ4n) is 1.66. The van der Waals surface area contributed by atoms with E-state index in [0.29, 0.717) is 18.7 Å². The molecule has 2 heterocycles. The quantitative estimate of drug-likeness (QED) is 0.686. The van der Waals surface area contributed by atoms with Crippen molar-refractivity contribution in [3.8, 4) is 6.07 Å². The second kappa shape index (κ2) is 9.50. The molecule has 9 heteroatoms. The molecule has 0 saturated heterocycles. The number of nitrogens with zero attached hydrogens (tertiary/aromatic N) is 4. The highest BCUT2D eigenvalue weighted by atomic mass is 32.2. The Hall–Kier alpha value is -1.63. The van der Waals surface area contributed by atoms with E-state index >= 15 is 0 Å². The van der Waals surface area contributed by atoms with Crippen LogP contribution in [0, 0.1) is 11.3 Å². The van der Waals surface area contributed by atoms with Crippen LogP contribution in [0.25, 0.3) is 0 Å². The minimum absolute atomic E-state index is 0.00680. The van der Waals surface area contributed by atoms with Gasteiger partial charge in [-0.3, -0.25) is 4.79 Å². The van der Waals surface area contributed by atoms with E-state index < -0.39 is 0 Å². The average molecular weight is 368 g/mol. The summed E-state index contributed by atoms with van der Waals surface area (Å²) in [7, 11) is 1.71. The number of thioether (sulfide) groups is 1. The summed E-state index contributed by atoms with van der Waals surface area (Å²) in [4.78, 5) is 14.8. The number of hydrogen-bond donors (Lipinski definition) is 1. The van der Waals surface area contributed by atoms with Gasteiger partial charge in [0.1, 0.15) is 0 Å². The van der Waals surface area contributed by atoms with E-state index in [1.807, 2.05) is 12.1 Å². The molecule has 2 aromatic rings. The van der Waals surface area contributed by atoms with Gasteiger partial charge in [-0.05, 0) is 17.9 Å². The summed E-state index contributed by atoms with van der Waals surface area (Å²) in [5.74, 6) is 0.304. The number of rotatable bonds is 9. The second-order valence-electron chi connectivity index (χ2n) is 4.64. The van der Waals surface area contributed by atoms with E-state index in [4.69, 9.17) is 5.26 Å². The third-order valence-electron chi connectivity index (χ3n) is 2.94. The molecule has 0 aliphatic rings. The van der Waals surface area contributed by atoms with Crippen molar-refractivity contribution in [1.29, 1.82) is 5.26 Å². The Balaban J connectivity index is 1.70. The first-order chi connectivity index (χ1) is 11.2. The number of anilines is 1. The highest BCUT2D eigenvalue weighted by Gasteiger charge is 2.11. The predicted octanol–water partition coefficient (Wildman–Crippen LogP) is 2.72. The zero-order valence-electron chi connectivity index (χ0n) is 12.7. The molecule has 0 radical (unpaired) electrons. The number of amides is 1. The van der Waals surface area contributed by atoms with Gasteiger partial charge in [-0.15, -0.1) is 21.5 Å². The van der Waals surface area contributed by atoms with E-state index in [1.54, 1.807) is 23.3 Å². The molecule has 0 aromatic carbocycles. The normalized spacial score (nSPS) is 10.3. The summed E-state index contributed by atoms with van der Waals surface area (Å²) in [5.41, 5.74) is 0. The maximum Gasteiger partial charge on any atom is 0.232 e. The van der Waals surface area contributed by atoms with Gasteiger partial charge in [0.2, 0.25) is 11.0 Å². The van der Waals surface area contributed by atoms with Gasteiger partial charge in [0.25, 0.3) is 0 Å². The standard InChI is InChI=1S/C14H17N5OS3/c1-19(8-3-6-15)12(20)10-22-14-18-17-13(23-14)16-7-5-11-4-2-9-21-11/h2,4,9H,3,5,7-8,10H2,1H3,(H,16,17). The summed E-state index contributed by atoms with van der Waals surface area (Å²) >= 11 is 4.57. The van der Waals surface area contributed by atoms with E-state index in [2.05, 4.69) is 27.0 Å². The lowest BCUT2D eigenvalue weighted by molar-refractivity contribution is -0.127. The zero-order chi connectivity index (χ0) is 16.5. The van der Waals surface area contributed by atoms with Gasteiger partial charge in [0.05, 0.1) is 18.2 Å². The first kappa shape index (κ1) is 17.7. The molecule has 0 unspecified atom stereocenters. The lowest BCUT2D eigenvalue weighted by Gasteiger charge is -2.14. The van der Waals surface area contributed by atoms with Gasteiger partial charge in [0, 0.05) is 25.0 Å². The van der Waals surface area contributed by atoms with Crippen LogP contribution in [-0.4, -0.2) is 46.9 Å². The SMILES string of the molecule is CN(CCC#N)C(=O)CSc1nnc(NCCc2cccs2)s1. The molecular weight excluding hydrogens is 350 g/mol. The Morgan fingerprint density at radius 2 is 2.39 bits per heavy atom. The fourth-order valence-corrected chi connectivity index (χ4v) is 4.09. The largest absolute Gasteiger partial charge is 0.360 e. The lowest BCUT2D eigenvalue weighted by Crippen LogP contribution is -2.29. The number of nitriles is 1. The van der Waals surface area contributed by atoms with E-state index in [9.17, 15) is 4.79 Å². The Labute approximate surface area is 147 Å². The van der Waals surface area contributed by atoms with Gasteiger partial charge in [0.15, 0.2) is 4.34 Å². The third kappa shape index (κ3) is 6.17. The molecule has 0 aliphatic carbocycles. The van der Waals surface area contributed by atoms with Crippen LogP contribution >= 0.6 is 34.4 Å². The molecule has 0 fully saturated rings. The van der Waals surface area contributed by atoms with Gasteiger partial charge in [-0.2, -0.15) is 5.26 Å². The molecule has 0 atom stereocenters. The van der Waals surface area contributed by atoms with Crippen molar-refractivity contribution in [2.45, 2.75) is 17.2 Å². The Bertz CT molecular complexity index is 650. The molecule has 2 aromatic heterocycles. The molecule has 0 aliphatic heterocycles. The van der Waals surface area contributed by atoms with Crippen molar-refractivity contribution >= 4 is 45.5 Å². The van der Waals surface area contributed by atoms with Crippen LogP contribution in [0.5, 0.6) is 0 Å². The Kier molecular flexibility index (Phi) is 7.32. The molecule has 0 bridgehead atoms. The van der Waals surface area contributed by atoms with Crippen molar-refractivity contribution in [3.63, 3.8) is 0 Å². The third-order valence-corrected chi connectivity index (χ3v) is 5.87. The topological polar surface area (TPSA) is 81.9 Å². The van der Waals surface area contributed by atoms with E-state index in [-0.39, 0.29) is 5.91 Å². The molecule has 1 amide bonds. The smallest absolute Gasteiger partial charge is 0.232 e. The van der Waals surface area contributed by atoms with Crippen molar-refractivity contribution < 1.29 is 4.79 Å². The van der Waals surface area contributed by atoms with E-state index in [0.717, 1.165) is 22.4 Å². The summed E-state index contributed by atoms with van der Waals surface area (Å²) in [5, 5.41) is 22.8. The average Bonchev–Trinajstić information content (AvgIpc) is 3.22. The minimum atomic E-state index is -0.00680. The maximum atomic E-state index is 11.9. The van der Waals surface area contributed by atoms with Crippen LogP contribution in [0.4, 0.5) is 5.13 Å². The van der Waals surface area contributed by atoms with Crippen molar-refractivity contribution in [3.05, 3.63) is 22.4 Å². The van der Waals surface area contributed by atoms with Crippen LogP contribution in [0.1, 0.15) is 11.3 Å². The number of aromatic nitrogens is 2. The summed E-state index contributed by atoms with van der Waals surface area (Å²) in [6.45, 7) is 1.27. The molecule has 0 spiro atoms. The molecule has 6 nitrogen and oxygen atoms in total. The number of hydrogen-bond acceptors (Lipinski definition) is 8. The maximum absolute atomic E-state index is 11.9. The van der Waals surface area contributed by atoms with E-state index in [1.165, 1.54) is 28.0 Å². The molecule has 1 N–H and O–H groups in total. The first-order valence-electron chi connectivity index (χ1n) is 7.02. The lowest BCUT2D eigenvalue weighted by atomic mass is 10.3. The highest BCUT2D eigenvalue weighted by Crippen LogP contribution is 2.25. The Morgan fingerprint density at radius 3 is 3.13 bits per heavy atom. The summed E-state index contributed by atoms with van der Waals surface area (Å²) in [6, 6.07) is 6.19. The number of thiophene rings is 1. The zero-order valence-corrected chi connectivity index (χ0v) is 15.1. The fraction of sp³-hybridized carbons (Fsp3) is 0.429. The van der Waals surface area contributed by atoms with Gasteiger partial charge in [-0.1, -0.05) is 29.2 Å². The summed E-state index contributed by atoms with van der Waals surface area (Å²) in [6.07, 6.45) is 1.31. The summed E-state index contributed by atoms with van der Waals surface area (Å²) < 4.78 is 0.769. The van der Waals surface area contributed by atoms with Gasteiger partial charge >= 0.3 is 0 Å². The van der Waals surface area contributed by atoms with Crippen LogP contribution in [0.15, 0.2) is 21.9 Å². The van der Waals surface area contributed by atoms with Gasteiger partial charge < -0.3 is 10.2 Å². The van der Waals surface area contributed by atoms with Crippen LogP contribution in [-0.2, 0) is 11.2 Å². The van der Waals surface area contributed by atoms with Crippen molar-refractivity contribution in [2.75, 3.05) is 31.2 Å². The molecule has 2 rings (SSSR count). The van der Waals surface area contributed by atoms with Gasteiger partial charge in [-0.25, -0.2) is 0 Å². The van der Waals surface area contributed by atoms with Crippen LogP contribution < -0.4 is 5.32 Å².